The van der Waals surface area contributed by atoms with Crippen molar-refractivity contribution in [2.24, 2.45) is 0 Å². The highest BCUT2D eigenvalue weighted by atomic mass is 32.2. The highest BCUT2D eigenvalue weighted by Gasteiger charge is 2.16. The lowest BCUT2D eigenvalue weighted by atomic mass is 9.97. The van der Waals surface area contributed by atoms with Gasteiger partial charge in [-0.15, -0.1) is 10.2 Å². The van der Waals surface area contributed by atoms with Crippen molar-refractivity contribution in [3.8, 4) is 11.5 Å². The molecule has 10 heteroatoms. The summed E-state index contributed by atoms with van der Waals surface area (Å²) in [4.78, 5) is 28.5. The molecule has 0 N–H and O–H groups in total. The number of thioether (sulfide) groups is 1. The molecule has 4 aromatic rings. The van der Waals surface area contributed by atoms with Crippen LogP contribution in [0.5, 0.6) is 0 Å². The van der Waals surface area contributed by atoms with Gasteiger partial charge in [0, 0.05) is 24.2 Å². The van der Waals surface area contributed by atoms with E-state index in [1.54, 1.807) is 16.7 Å². The Bertz CT molecular complexity index is 1460. The SMILES string of the molecule is O=c1c2ccccc2nc(SCc2nnc(-c3ccc([N+](=O)[O-])cc3)o2)n1CCC1=CCCCC1. The predicted octanol–water partition coefficient (Wildman–Crippen LogP) is 5.54. The fraction of sp³-hybridized carbons (Fsp3) is 0.280. The number of nitrogens with zero attached hydrogens (tertiary/aromatic N) is 5. The summed E-state index contributed by atoms with van der Waals surface area (Å²) in [5.74, 6) is 1.00. The molecule has 1 aliphatic rings. The quantitative estimate of drug-likeness (QED) is 0.104. The first-order chi connectivity index (χ1) is 17.1. The van der Waals surface area contributed by atoms with Gasteiger partial charge in [-0.2, -0.15) is 0 Å². The maximum Gasteiger partial charge on any atom is 0.269 e. The first-order valence-electron chi connectivity index (χ1n) is 11.5. The molecule has 2 heterocycles. The molecule has 0 fully saturated rings. The summed E-state index contributed by atoms with van der Waals surface area (Å²) in [6.07, 6.45) is 7.76. The van der Waals surface area contributed by atoms with E-state index in [9.17, 15) is 14.9 Å². The smallest absolute Gasteiger partial charge is 0.269 e. The number of non-ortho nitro benzene ring substituents is 1. The van der Waals surface area contributed by atoms with Crippen molar-refractivity contribution in [2.45, 2.75) is 49.6 Å². The van der Waals surface area contributed by atoms with Gasteiger partial charge in [-0.25, -0.2) is 4.98 Å². The van der Waals surface area contributed by atoms with E-state index in [0.717, 1.165) is 19.3 Å². The summed E-state index contributed by atoms with van der Waals surface area (Å²) >= 11 is 1.38. The third-order valence-corrected chi connectivity index (χ3v) is 6.95. The summed E-state index contributed by atoms with van der Waals surface area (Å²) < 4.78 is 7.51. The average molecular weight is 490 g/mol. The monoisotopic (exact) mass is 489 g/mol. The maximum atomic E-state index is 13.3. The zero-order chi connectivity index (χ0) is 24.2. The summed E-state index contributed by atoms with van der Waals surface area (Å²) in [5, 5.41) is 20.2. The molecular formula is C25H23N5O4S. The maximum absolute atomic E-state index is 13.3. The molecule has 0 atom stereocenters. The standard InChI is InChI=1S/C25H23N5O4S/c31-24-20-8-4-5-9-21(20)26-25(29(24)15-14-17-6-2-1-3-7-17)35-16-22-27-28-23(34-22)18-10-12-19(13-11-18)30(32)33/h4-6,8-13H,1-3,7,14-16H2. The molecule has 5 rings (SSSR count). The van der Waals surface area contributed by atoms with Crippen LogP contribution in [0.2, 0.25) is 0 Å². The van der Waals surface area contributed by atoms with E-state index in [2.05, 4.69) is 16.3 Å². The minimum absolute atomic E-state index is 0.00613. The molecule has 0 saturated carbocycles. The molecule has 0 bridgehead atoms. The molecular weight excluding hydrogens is 466 g/mol. The van der Waals surface area contributed by atoms with Crippen LogP contribution in [0, 0.1) is 10.1 Å². The second-order valence-electron chi connectivity index (χ2n) is 8.32. The molecule has 0 unspecified atom stereocenters. The first-order valence-corrected chi connectivity index (χ1v) is 12.4. The first kappa shape index (κ1) is 23.0. The van der Waals surface area contributed by atoms with Gasteiger partial charge in [0.2, 0.25) is 11.8 Å². The van der Waals surface area contributed by atoms with Crippen molar-refractivity contribution < 1.29 is 9.34 Å². The van der Waals surface area contributed by atoms with Crippen LogP contribution >= 0.6 is 11.8 Å². The predicted molar refractivity (Wildman–Crippen MR) is 133 cm³/mol. The van der Waals surface area contributed by atoms with Crippen LogP contribution in [-0.2, 0) is 12.3 Å². The molecule has 178 valence electrons. The van der Waals surface area contributed by atoms with Crippen molar-refractivity contribution in [3.05, 3.63) is 86.5 Å². The van der Waals surface area contributed by atoms with Gasteiger partial charge in [-0.05, 0) is 56.4 Å². The number of hydrogen-bond acceptors (Lipinski definition) is 8. The topological polar surface area (TPSA) is 117 Å². The van der Waals surface area contributed by atoms with E-state index < -0.39 is 4.92 Å². The normalized spacial score (nSPS) is 13.7. The highest BCUT2D eigenvalue weighted by Crippen LogP contribution is 2.26. The Morgan fingerprint density at radius 3 is 2.69 bits per heavy atom. The van der Waals surface area contributed by atoms with Crippen molar-refractivity contribution in [2.75, 3.05) is 0 Å². The summed E-state index contributed by atoms with van der Waals surface area (Å²) in [6, 6.07) is 13.3. The number of para-hydroxylation sites is 1. The van der Waals surface area contributed by atoms with E-state index in [-0.39, 0.29) is 17.1 Å². The van der Waals surface area contributed by atoms with Crippen LogP contribution in [-0.4, -0.2) is 24.7 Å². The molecule has 0 aliphatic heterocycles. The lowest BCUT2D eigenvalue weighted by molar-refractivity contribution is -0.384. The van der Waals surface area contributed by atoms with Crippen molar-refractivity contribution in [3.63, 3.8) is 0 Å². The van der Waals surface area contributed by atoms with Gasteiger partial charge in [-0.1, -0.05) is 35.5 Å². The fourth-order valence-corrected chi connectivity index (χ4v) is 4.98. The van der Waals surface area contributed by atoms with Gasteiger partial charge in [0.25, 0.3) is 11.2 Å². The minimum atomic E-state index is -0.458. The van der Waals surface area contributed by atoms with Crippen LogP contribution in [0.1, 0.15) is 38.0 Å². The molecule has 0 saturated heterocycles. The molecule has 2 aromatic carbocycles. The number of benzene rings is 2. The van der Waals surface area contributed by atoms with Crippen LogP contribution in [0.4, 0.5) is 5.69 Å². The molecule has 9 nitrogen and oxygen atoms in total. The van der Waals surface area contributed by atoms with Crippen LogP contribution in [0.15, 0.2) is 74.5 Å². The van der Waals surface area contributed by atoms with E-state index in [4.69, 9.17) is 9.40 Å². The molecule has 1 aliphatic carbocycles. The van der Waals surface area contributed by atoms with Crippen LogP contribution in [0.25, 0.3) is 22.4 Å². The molecule has 0 radical (unpaired) electrons. The number of aromatic nitrogens is 4. The lowest BCUT2D eigenvalue weighted by Gasteiger charge is -2.16. The number of rotatable bonds is 8. The Morgan fingerprint density at radius 2 is 1.91 bits per heavy atom. The average Bonchev–Trinajstić information content (AvgIpc) is 3.37. The third kappa shape index (κ3) is 5.17. The van der Waals surface area contributed by atoms with Gasteiger partial charge in [-0.3, -0.25) is 19.5 Å². The van der Waals surface area contributed by atoms with Crippen LogP contribution in [0.3, 0.4) is 0 Å². The Kier molecular flexibility index (Phi) is 6.71. The summed E-state index contributed by atoms with van der Waals surface area (Å²) in [6.45, 7) is 0.572. The van der Waals surface area contributed by atoms with Crippen molar-refractivity contribution >= 4 is 28.4 Å². The summed E-state index contributed by atoms with van der Waals surface area (Å²) in [5.41, 5.74) is 2.60. The van der Waals surface area contributed by atoms with Gasteiger partial charge in [0.15, 0.2) is 5.16 Å². The van der Waals surface area contributed by atoms with Gasteiger partial charge in [0.1, 0.15) is 0 Å². The van der Waals surface area contributed by atoms with Gasteiger partial charge < -0.3 is 4.42 Å². The van der Waals surface area contributed by atoms with Gasteiger partial charge in [0.05, 0.1) is 21.6 Å². The number of hydrogen-bond donors (Lipinski definition) is 0. The van der Waals surface area contributed by atoms with E-state index in [1.165, 1.54) is 42.3 Å². The minimum Gasteiger partial charge on any atom is -0.420 e. The second kappa shape index (κ2) is 10.2. The van der Waals surface area contributed by atoms with Crippen molar-refractivity contribution in [1.29, 1.82) is 0 Å². The number of fused-ring (bicyclic) bond motifs is 1. The zero-order valence-electron chi connectivity index (χ0n) is 18.9. The number of nitro benzene ring substituents is 1. The Hall–Kier alpha value is -3.79. The lowest BCUT2D eigenvalue weighted by Crippen LogP contribution is -2.24. The van der Waals surface area contributed by atoms with E-state index in [0.29, 0.717) is 39.8 Å². The van der Waals surface area contributed by atoms with Crippen LogP contribution < -0.4 is 5.56 Å². The second-order valence-corrected chi connectivity index (χ2v) is 9.26. The van der Waals surface area contributed by atoms with E-state index >= 15 is 0 Å². The fourth-order valence-electron chi connectivity index (χ4n) is 4.12. The Balaban J connectivity index is 1.37. The Morgan fingerprint density at radius 1 is 1.09 bits per heavy atom. The molecule has 0 amide bonds. The molecule has 2 aromatic heterocycles. The summed E-state index contributed by atoms with van der Waals surface area (Å²) in [7, 11) is 0. The van der Waals surface area contributed by atoms with Crippen molar-refractivity contribution in [1.82, 2.24) is 19.7 Å². The largest absolute Gasteiger partial charge is 0.420 e. The number of allylic oxidation sites excluding steroid dienone is 2. The highest BCUT2D eigenvalue weighted by molar-refractivity contribution is 7.98. The third-order valence-electron chi connectivity index (χ3n) is 5.98. The molecule has 0 spiro atoms. The number of nitro groups is 1. The van der Waals surface area contributed by atoms with Gasteiger partial charge >= 0.3 is 0 Å². The Labute approximate surface area is 205 Å². The zero-order valence-corrected chi connectivity index (χ0v) is 19.7. The molecule has 35 heavy (non-hydrogen) atoms. The van der Waals surface area contributed by atoms with E-state index in [1.807, 2.05) is 24.3 Å².